The van der Waals surface area contributed by atoms with E-state index in [4.69, 9.17) is 0 Å². The highest BCUT2D eigenvalue weighted by Gasteiger charge is 2.40. The van der Waals surface area contributed by atoms with Crippen molar-refractivity contribution < 1.29 is 19.8 Å². The maximum absolute atomic E-state index is 13.1. The fourth-order valence-electron chi connectivity index (χ4n) is 5.25. The molecule has 3 aliphatic rings. The van der Waals surface area contributed by atoms with E-state index in [2.05, 4.69) is 0 Å². The fourth-order valence-corrected chi connectivity index (χ4v) is 5.25. The van der Waals surface area contributed by atoms with Gasteiger partial charge < -0.3 is 19.7 Å². The molecule has 7 nitrogen and oxygen atoms in total. The molecule has 0 bridgehead atoms. The number of aliphatic hydroxyl groups excluding tert-OH is 1. The third-order valence-corrected chi connectivity index (χ3v) is 6.54. The van der Waals surface area contributed by atoms with Crippen LogP contribution in [-0.4, -0.2) is 68.9 Å². The topological polar surface area (TPSA) is 86.0 Å². The Hall–Kier alpha value is -2.80. The van der Waals surface area contributed by atoms with Crippen molar-refractivity contribution in [1.82, 2.24) is 14.4 Å². The number of likely N-dealkylation sites (tertiary alicyclic amines) is 1. The first-order chi connectivity index (χ1) is 14.1. The summed E-state index contributed by atoms with van der Waals surface area (Å²) >= 11 is 0. The van der Waals surface area contributed by atoms with Gasteiger partial charge in [0.25, 0.3) is 0 Å². The summed E-state index contributed by atoms with van der Waals surface area (Å²) in [4.78, 5) is 28.5. The van der Waals surface area contributed by atoms with Crippen LogP contribution in [0.2, 0.25) is 0 Å². The van der Waals surface area contributed by atoms with Gasteiger partial charge in [0.05, 0.1) is 18.6 Å². The molecule has 0 spiro atoms. The minimum Gasteiger partial charge on any atom is -0.465 e. The van der Waals surface area contributed by atoms with Gasteiger partial charge in [-0.15, -0.1) is 0 Å². The van der Waals surface area contributed by atoms with Gasteiger partial charge in [-0.05, 0) is 42.0 Å². The Morgan fingerprint density at radius 1 is 1.17 bits per heavy atom. The molecule has 0 saturated carbocycles. The smallest absolute Gasteiger partial charge is 0.407 e. The van der Waals surface area contributed by atoms with Gasteiger partial charge in [-0.1, -0.05) is 18.2 Å². The van der Waals surface area contributed by atoms with Crippen LogP contribution in [0.25, 0.3) is 16.5 Å². The van der Waals surface area contributed by atoms with Crippen LogP contribution in [0, 0.1) is 5.92 Å². The van der Waals surface area contributed by atoms with E-state index in [9.17, 15) is 19.8 Å². The normalized spacial score (nSPS) is 23.3. The number of carbonyl (C=O) groups is 2. The Kier molecular flexibility index (Phi) is 4.35. The van der Waals surface area contributed by atoms with E-state index < -0.39 is 12.0 Å². The number of rotatable bonds is 3. The Balaban J connectivity index is 1.62. The van der Waals surface area contributed by atoms with Crippen molar-refractivity contribution in [3.63, 3.8) is 0 Å². The minimum absolute atomic E-state index is 0.0375. The summed E-state index contributed by atoms with van der Waals surface area (Å²) in [6.07, 6.45) is 5.69. The van der Waals surface area contributed by atoms with Gasteiger partial charge in [0.2, 0.25) is 5.91 Å². The molecule has 1 saturated heterocycles. The quantitative estimate of drug-likeness (QED) is 0.834. The summed E-state index contributed by atoms with van der Waals surface area (Å²) in [5, 5.41) is 20.4. The van der Waals surface area contributed by atoms with Gasteiger partial charge in [0.1, 0.15) is 0 Å². The number of aromatic nitrogens is 1. The van der Waals surface area contributed by atoms with Crippen LogP contribution in [0.4, 0.5) is 4.79 Å². The largest absolute Gasteiger partial charge is 0.465 e. The Morgan fingerprint density at radius 2 is 1.97 bits per heavy atom. The molecule has 1 fully saturated rings. The summed E-state index contributed by atoms with van der Waals surface area (Å²) in [7, 11) is 0. The Bertz CT molecular complexity index is 1020. The first-order valence-electron chi connectivity index (χ1n) is 10.3. The number of hydrogen-bond acceptors (Lipinski definition) is 3. The average Bonchev–Trinajstić information content (AvgIpc) is 3.37. The zero-order chi connectivity index (χ0) is 20.1. The summed E-state index contributed by atoms with van der Waals surface area (Å²) < 4.78 is 2.03. The van der Waals surface area contributed by atoms with E-state index in [0.29, 0.717) is 13.0 Å². The SMILES string of the molecule is O=C([C@@H]1C=C2c3cccc4c3c(cn4CCO)C[C@H]2N(C(=O)O)C1)N1CCCC1. The first-order valence-corrected chi connectivity index (χ1v) is 10.3. The predicted octanol–water partition coefficient (Wildman–Crippen LogP) is 2.17. The van der Waals surface area contributed by atoms with Crippen LogP contribution in [0.5, 0.6) is 0 Å². The standard InChI is InChI=1S/C22H25N3O4/c26-9-8-24-12-14-11-19-17(16-4-3-5-18(24)20(14)16)10-15(13-25(19)22(28)29)21(27)23-6-1-2-7-23/h3-5,10,12,15,19,26H,1-2,6-9,11,13H2,(H,28,29)/t15-,19-/m1/s1. The van der Waals surface area contributed by atoms with Crippen LogP contribution in [0.15, 0.2) is 30.5 Å². The molecule has 2 N–H and O–H groups in total. The summed E-state index contributed by atoms with van der Waals surface area (Å²) in [6.45, 7) is 2.29. The molecule has 5 rings (SSSR count). The molecule has 2 aromatic rings. The molecule has 2 atom stereocenters. The van der Waals surface area contributed by atoms with Crippen LogP contribution in [0.3, 0.4) is 0 Å². The van der Waals surface area contributed by atoms with E-state index >= 15 is 0 Å². The van der Waals surface area contributed by atoms with Crippen molar-refractivity contribution in [1.29, 1.82) is 0 Å². The van der Waals surface area contributed by atoms with E-state index in [1.54, 1.807) is 0 Å². The van der Waals surface area contributed by atoms with Gasteiger partial charge in [0.15, 0.2) is 0 Å². The van der Waals surface area contributed by atoms with Crippen molar-refractivity contribution >= 4 is 28.5 Å². The molecular formula is C22H25N3O4. The van der Waals surface area contributed by atoms with E-state index in [1.807, 2.05) is 39.9 Å². The lowest BCUT2D eigenvalue weighted by molar-refractivity contribution is -0.133. The minimum atomic E-state index is -0.981. The van der Waals surface area contributed by atoms with Crippen LogP contribution in [0.1, 0.15) is 24.0 Å². The molecular weight excluding hydrogens is 370 g/mol. The van der Waals surface area contributed by atoms with Crippen molar-refractivity contribution in [2.24, 2.45) is 5.92 Å². The number of fused-ring (bicyclic) bond motifs is 2. The van der Waals surface area contributed by atoms with Crippen molar-refractivity contribution in [2.75, 3.05) is 26.2 Å². The van der Waals surface area contributed by atoms with Crippen molar-refractivity contribution in [2.45, 2.75) is 31.8 Å². The lowest BCUT2D eigenvalue weighted by Gasteiger charge is -2.40. The van der Waals surface area contributed by atoms with Gasteiger partial charge in [-0.2, -0.15) is 0 Å². The van der Waals surface area contributed by atoms with Crippen LogP contribution in [-0.2, 0) is 17.8 Å². The van der Waals surface area contributed by atoms with Crippen molar-refractivity contribution in [3.8, 4) is 0 Å². The Morgan fingerprint density at radius 3 is 2.69 bits per heavy atom. The molecule has 1 aromatic heterocycles. The highest BCUT2D eigenvalue weighted by atomic mass is 16.4. The van der Waals surface area contributed by atoms with E-state index in [0.717, 1.165) is 53.5 Å². The maximum atomic E-state index is 13.1. The number of aliphatic hydroxyl groups is 1. The third-order valence-electron chi connectivity index (χ3n) is 6.54. The van der Waals surface area contributed by atoms with Crippen LogP contribution >= 0.6 is 0 Å². The Labute approximate surface area is 168 Å². The number of carbonyl (C=O) groups excluding carboxylic acids is 1. The lowest BCUT2D eigenvalue weighted by atomic mass is 9.79. The van der Waals surface area contributed by atoms with Crippen LogP contribution < -0.4 is 0 Å². The summed E-state index contributed by atoms with van der Waals surface area (Å²) in [6, 6.07) is 5.74. The van der Waals surface area contributed by atoms with Gasteiger partial charge in [0, 0.05) is 43.3 Å². The molecule has 1 aromatic carbocycles. The van der Waals surface area contributed by atoms with E-state index in [-0.39, 0.29) is 25.1 Å². The number of carboxylic acid groups (broad SMARTS) is 1. The molecule has 29 heavy (non-hydrogen) atoms. The summed E-state index contributed by atoms with van der Waals surface area (Å²) in [5.41, 5.74) is 4.09. The highest BCUT2D eigenvalue weighted by Crippen LogP contribution is 2.42. The lowest BCUT2D eigenvalue weighted by Crippen LogP contribution is -2.51. The average molecular weight is 395 g/mol. The molecule has 152 valence electrons. The zero-order valence-electron chi connectivity index (χ0n) is 16.3. The van der Waals surface area contributed by atoms with E-state index in [1.165, 1.54) is 4.90 Å². The fraction of sp³-hybridized carbons (Fsp3) is 0.455. The van der Waals surface area contributed by atoms with Gasteiger partial charge in [-0.25, -0.2) is 4.79 Å². The molecule has 1 aliphatic carbocycles. The first kappa shape index (κ1) is 18.2. The second-order valence-corrected chi connectivity index (χ2v) is 8.19. The molecule has 2 aliphatic heterocycles. The summed E-state index contributed by atoms with van der Waals surface area (Å²) in [5.74, 6) is -0.401. The second-order valence-electron chi connectivity index (χ2n) is 8.19. The monoisotopic (exact) mass is 395 g/mol. The number of nitrogens with zero attached hydrogens (tertiary/aromatic N) is 3. The molecule has 0 unspecified atom stereocenters. The third kappa shape index (κ3) is 2.83. The van der Waals surface area contributed by atoms with Gasteiger partial charge >= 0.3 is 6.09 Å². The second kappa shape index (κ2) is 6.91. The number of amides is 2. The van der Waals surface area contributed by atoms with Gasteiger partial charge in [-0.3, -0.25) is 9.69 Å². The number of benzene rings is 1. The van der Waals surface area contributed by atoms with Crippen molar-refractivity contribution in [3.05, 3.63) is 41.6 Å². The maximum Gasteiger partial charge on any atom is 0.407 e. The molecule has 3 heterocycles. The molecule has 0 radical (unpaired) electrons. The molecule has 2 amide bonds. The highest BCUT2D eigenvalue weighted by molar-refractivity contribution is 6.00. The zero-order valence-corrected chi connectivity index (χ0v) is 16.3. The number of hydrogen-bond donors (Lipinski definition) is 2. The molecule has 7 heteroatoms. The predicted molar refractivity (Wildman–Crippen MR) is 109 cm³/mol.